The van der Waals surface area contributed by atoms with E-state index in [4.69, 9.17) is 11.6 Å². The maximum absolute atomic E-state index is 11.3. The lowest BCUT2D eigenvalue weighted by Crippen LogP contribution is -2.24. The van der Waals surface area contributed by atoms with Gasteiger partial charge in [-0.1, -0.05) is 24.2 Å². The molecule has 3 nitrogen and oxygen atoms in total. The maximum atomic E-state index is 11.3. The average Bonchev–Trinajstić information content (AvgIpc) is 2.25. The summed E-state index contributed by atoms with van der Waals surface area (Å²) in [5, 5.41) is 3.09. The third-order valence-corrected chi connectivity index (χ3v) is 1.95. The van der Waals surface area contributed by atoms with Gasteiger partial charge >= 0.3 is 0 Å². The molecule has 0 aliphatic rings. The molecule has 0 aliphatic heterocycles. The quantitative estimate of drug-likeness (QED) is 0.830. The molecule has 1 amide bonds. The summed E-state index contributed by atoms with van der Waals surface area (Å²) in [6.45, 7) is 3.81. The monoisotopic (exact) mass is 224 g/mol. The zero-order chi connectivity index (χ0) is 11.1. The van der Waals surface area contributed by atoms with Gasteiger partial charge in [-0.25, -0.2) is 0 Å². The van der Waals surface area contributed by atoms with Crippen LogP contribution in [0.3, 0.4) is 0 Å². The molecular weight excluding hydrogens is 212 g/mol. The van der Waals surface area contributed by atoms with E-state index < -0.39 is 0 Å². The summed E-state index contributed by atoms with van der Waals surface area (Å²) in [6.07, 6.45) is 2.77. The van der Waals surface area contributed by atoms with Crippen molar-refractivity contribution < 1.29 is 4.79 Å². The van der Waals surface area contributed by atoms with Gasteiger partial charge in [0.05, 0.1) is 6.54 Å². The predicted octanol–water partition coefficient (Wildman–Crippen LogP) is 1.88. The van der Waals surface area contributed by atoms with Gasteiger partial charge in [0.2, 0.25) is 5.91 Å². The van der Waals surface area contributed by atoms with Gasteiger partial charge < -0.3 is 5.32 Å². The first-order valence-corrected chi connectivity index (χ1v) is 5.06. The van der Waals surface area contributed by atoms with Crippen LogP contribution in [0.5, 0.6) is 0 Å². The summed E-state index contributed by atoms with van der Waals surface area (Å²) < 4.78 is 0. The lowest BCUT2D eigenvalue weighted by atomic mass is 10.2. The van der Waals surface area contributed by atoms with Gasteiger partial charge in [0.25, 0.3) is 0 Å². The highest BCUT2D eigenvalue weighted by molar-refractivity contribution is 6.29. The summed E-state index contributed by atoms with van der Waals surface area (Å²) in [4.78, 5) is 15.4. The highest BCUT2D eigenvalue weighted by atomic mass is 35.5. The van der Waals surface area contributed by atoms with Crippen molar-refractivity contribution in [1.29, 1.82) is 0 Å². The lowest BCUT2D eigenvalue weighted by Gasteiger charge is -2.03. The number of amides is 1. The fraction of sp³-hybridized carbons (Fsp3) is 0.273. The number of hydrogen-bond donors (Lipinski definition) is 1. The minimum atomic E-state index is -0.0394. The van der Waals surface area contributed by atoms with E-state index in [-0.39, 0.29) is 5.91 Å². The molecule has 1 aromatic heterocycles. The summed E-state index contributed by atoms with van der Waals surface area (Å²) >= 11 is 5.52. The number of carbonyl (C=O) groups is 1. The van der Waals surface area contributed by atoms with Gasteiger partial charge in [-0.05, 0) is 18.6 Å². The van der Waals surface area contributed by atoms with Crippen LogP contribution in [0.15, 0.2) is 36.0 Å². The third kappa shape index (κ3) is 5.18. The van der Waals surface area contributed by atoms with Crippen LogP contribution in [0.4, 0.5) is 0 Å². The molecule has 0 saturated carbocycles. The molecule has 0 radical (unpaired) electrons. The number of nitrogens with zero attached hydrogens (tertiary/aromatic N) is 1. The molecule has 1 heterocycles. The van der Waals surface area contributed by atoms with Crippen LogP contribution in [0, 0.1) is 0 Å². The summed E-state index contributed by atoms with van der Waals surface area (Å²) in [6, 6.07) is 5.65. The molecule has 0 unspecified atom stereocenters. The number of pyridine rings is 1. The molecule has 0 aromatic carbocycles. The molecule has 0 aliphatic carbocycles. The molecule has 1 N–H and O–H groups in total. The number of carbonyl (C=O) groups excluding carboxylic acids is 1. The van der Waals surface area contributed by atoms with Gasteiger partial charge in [-0.15, -0.1) is 0 Å². The molecule has 0 fully saturated rings. The molecule has 15 heavy (non-hydrogen) atoms. The topological polar surface area (TPSA) is 42.0 Å². The van der Waals surface area contributed by atoms with Crippen molar-refractivity contribution >= 4 is 17.5 Å². The Labute approximate surface area is 94.2 Å². The summed E-state index contributed by atoms with van der Waals surface area (Å²) in [5.41, 5.74) is 0.914. The van der Waals surface area contributed by atoms with Gasteiger partial charge in [0, 0.05) is 23.3 Å². The first-order chi connectivity index (χ1) is 7.18. The van der Waals surface area contributed by atoms with Crippen molar-refractivity contribution in [3.63, 3.8) is 0 Å². The zero-order valence-corrected chi connectivity index (χ0v) is 9.13. The summed E-state index contributed by atoms with van der Waals surface area (Å²) in [5.74, 6) is -0.0394. The Balaban J connectivity index is 2.26. The minimum absolute atomic E-state index is 0.0394. The highest BCUT2D eigenvalue weighted by Gasteiger charge is 2.02. The van der Waals surface area contributed by atoms with Crippen LogP contribution in [0.25, 0.3) is 0 Å². The van der Waals surface area contributed by atoms with E-state index in [2.05, 4.69) is 16.9 Å². The Kier molecular flexibility index (Phi) is 4.84. The number of nitrogens with one attached hydrogen (secondary N) is 1. The minimum Gasteiger partial charge on any atom is -0.351 e. The highest BCUT2D eigenvalue weighted by Crippen LogP contribution is 1.99. The van der Waals surface area contributed by atoms with Crippen molar-refractivity contribution in [2.24, 2.45) is 0 Å². The zero-order valence-electron chi connectivity index (χ0n) is 8.37. The Bertz CT molecular complexity index is 338. The number of aromatic nitrogens is 1. The van der Waals surface area contributed by atoms with Crippen molar-refractivity contribution in [1.82, 2.24) is 10.3 Å². The largest absolute Gasteiger partial charge is 0.351 e. The summed E-state index contributed by atoms with van der Waals surface area (Å²) in [7, 11) is 0. The van der Waals surface area contributed by atoms with E-state index in [1.54, 1.807) is 6.20 Å². The van der Waals surface area contributed by atoms with Crippen molar-refractivity contribution in [2.45, 2.75) is 12.8 Å². The van der Waals surface area contributed by atoms with E-state index >= 15 is 0 Å². The Morgan fingerprint density at radius 1 is 1.53 bits per heavy atom. The number of rotatable bonds is 5. The molecule has 80 valence electrons. The van der Waals surface area contributed by atoms with Crippen molar-refractivity contribution in [3.8, 4) is 0 Å². The normalized spacial score (nSPS) is 9.67. The second-order valence-corrected chi connectivity index (χ2v) is 3.65. The third-order valence-electron chi connectivity index (χ3n) is 1.81. The lowest BCUT2D eigenvalue weighted by molar-refractivity contribution is -0.120. The number of hydrogen-bond acceptors (Lipinski definition) is 2. The van der Waals surface area contributed by atoms with Crippen LogP contribution in [0.1, 0.15) is 12.1 Å². The molecular formula is C11H13ClN2O. The van der Waals surface area contributed by atoms with Crippen molar-refractivity contribution in [2.75, 3.05) is 6.54 Å². The molecule has 0 saturated heterocycles. The first-order valence-electron chi connectivity index (χ1n) is 4.68. The van der Waals surface area contributed by atoms with Gasteiger partial charge in [0.15, 0.2) is 0 Å². The second kappa shape index (κ2) is 6.19. The van der Waals surface area contributed by atoms with Crippen LogP contribution in [-0.2, 0) is 11.2 Å². The standard InChI is InChI=1S/C11H13ClN2O/c1-9(12)8-14-11(15)6-5-10-4-2-3-7-13-10/h2-4,7H,1,5-6,8H2,(H,14,15). The fourth-order valence-corrected chi connectivity index (χ4v) is 1.14. The van der Waals surface area contributed by atoms with Crippen LogP contribution >= 0.6 is 11.6 Å². The smallest absolute Gasteiger partial charge is 0.220 e. The van der Waals surface area contributed by atoms with Crippen LogP contribution in [-0.4, -0.2) is 17.4 Å². The van der Waals surface area contributed by atoms with Crippen LogP contribution < -0.4 is 5.32 Å². The van der Waals surface area contributed by atoms with Crippen LogP contribution in [0.2, 0.25) is 0 Å². The van der Waals surface area contributed by atoms with E-state index in [0.29, 0.717) is 24.4 Å². The first kappa shape index (κ1) is 11.7. The van der Waals surface area contributed by atoms with Gasteiger partial charge in [0.1, 0.15) is 0 Å². The SMILES string of the molecule is C=C(Cl)CNC(=O)CCc1ccccn1. The van der Waals surface area contributed by atoms with Crippen molar-refractivity contribution in [3.05, 3.63) is 41.7 Å². The molecule has 0 atom stereocenters. The molecule has 4 heteroatoms. The Morgan fingerprint density at radius 2 is 2.33 bits per heavy atom. The average molecular weight is 225 g/mol. The molecule has 1 rings (SSSR count). The predicted molar refractivity (Wildman–Crippen MR) is 60.6 cm³/mol. The Morgan fingerprint density at radius 3 is 2.93 bits per heavy atom. The maximum Gasteiger partial charge on any atom is 0.220 e. The van der Waals surface area contributed by atoms with Gasteiger partial charge in [-0.2, -0.15) is 0 Å². The fourth-order valence-electron chi connectivity index (χ4n) is 1.07. The van der Waals surface area contributed by atoms with Gasteiger partial charge in [-0.3, -0.25) is 9.78 Å². The number of halogens is 1. The molecule has 0 bridgehead atoms. The molecule has 1 aromatic rings. The Hall–Kier alpha value is -1.35. The van der Waals surface area contributed by atoms with E-state index in [1.165, 1.54) is 0 Å². The number of aryl methyl sites for hydroxylation is 1. The van der Waals surface area contributed by atoms with E-state index in [9.17, 15) is 4.79 Å². The molecule has 0 spiro atoms. The van der Waals surface area contributed by atoms with E-state index in [1.807, 2.05) is 18.2 Å². The van der Waals surface area contributed by atoms with E-state index in [0.717, 1.165) is 5.69 Å². The second-order valence-electron chi connectivity index (χ2n) is 3.12.